The molecule has 0 saturated heterocycles. The Morgan fingerprint density at radius 3 is 0.727 bits per heavy atom. The van der Waals surface area contributed by atoms with Crippen LogP contribution < -0.4 is 28.4 Å². The summed E-state index contributed by atoms with van der Waals surface area (Å²) in [5.74, 6) is 2.74. The van der Waals surface area contributed by atoms with Crippen molar-refractivity contribution in [2.45, 2.75) is 52.9 Å². The normalized spacial score (nSPS) is 10.9. The molecule has 0 amide bonds. The van der Waals surface area contributed by atoms with Crippen molar-refractivity contribution >= 4 is 0 Å². The largest absolute Gasteiger partial charge is 0.485 e. The van der Waals surface area contributed by atoms with Gasteiger partial charge in [0.2, 0.25) is 11.5 Å². The molecule has 8 aromatic rings. The van der Waals surface area contributed by atoms with E-state index >= 15 is 0 Å². The van der Waals surface area contributed by atoms with Crippen molar-refractivity contribution in [3.05, 3.63) is 239 Å². The summed E-state index contributed by atoms with van der Waals surface area (Å²) in [4.78, 5) is 0. The Labute approximate surface area is 387 Å². The van der Waals surface area contributed by atoms with Crippen molar-refractivity contribution in [2.24, 2.45) is 0 Å². The maximum absolute atomic E-state index is 7.10. The van der Waals surface area contributed by atoms with E-state index in [1.807, 2.05) is 194 Å². The van der Waals surface area contributed by atoms with E-state index in [0.29, 0.717) is 45.6 Å². The Kier molecular flexibility index (Phi) is 16.0. The predicted molar refractivity (Wildman–Crippen MR) is 258 cm³/mol. The number of benzene rings is 8. The van der Waals surface area contributed by atoms with Gasteiger partial charge >= 0.3 is 0 Å². The lowest BCUT2D eigenvalue weighted by molar-refractivity contribution is 0.181. The first-order valence-electron chi connectivity index (χ1n) is 22.0. The molecule has 0 N–H and O–H groups in total. The van der Waals surface area contributed by atoms with Crippen LogP contribution in [0.5, 0.6) is 34.5 Å². The quantitative estimate of drug-likeness (QED) is 0.0629. The minimum Gasteiger partial charge on any atom is -0.485 e. The second-order valence-electron chi connectivity index (χ2n) is 15.6. The van der Waals surface area contributed by atoms with Gasteiger partial charge in [-0.15, -0.1) is 0 Å². The van der Waals surface area contributed by atoms with Crippen molar-refractivity contribution in [3.63, 3.8) is 0 Å². The third-order valence-corrected chi connectivity index (χ3v) is 10.8. The lowest BCUT2D eigenvalue weighted by Gasteiger charge is -2.27. The van der Waals surface area contributed by atoms with E-state index < -0.39 is 0 Å². The molecule has 0 atom stereocenters. The highest BCUT2D eigenvalue weighted by Crippen LogP contribution is 2.55. The Hall–Kier alpha value is -7.52. The van der Waals surface area contributed by atoms with Crippen LogP contribution in [-0.4, -0.2) is 14.2 Å². The van der Waals surface area contributed by atoms with Crippen LogP contribution in [0.15, 0.2) is 194 Å². The highest BCUT2D eigenvalue weighted by molar-refractivity contribution is 5.88. The van der Waals surface area contributed by atoms with Gasteiger partial charge < -0.3 is 37.9 Å². The zero-order valence-corrected chi connectivity index (χ0v) is 37.4. The molecule has 0 heterocycles. The summed E-state index contributed by atoms with van der Waals surface area (Å²) in [7, 11) is 3.35. The highest BCUT2D eigenvalue weighted by atomic mass is 16.6. The van der Waals surface area contributed by atoms with Crippen LogP contribution in [0.2, 0.25) is 0 Å². The Morgan fingerprint density at radius 2 is 0.485 bits per heavy atom. The molecule has 66 heavy (non-hydrogen) atoms. The first-order chi connectivity index (χ1) is 32.7. The molecular weight excluding hydrogens is 825 g/mol. The maximum Gasteiger partial charge on any atom is 0.204 e. The maximum atomic E-state index is 7.10. The van der Waals surface area contributed by atoms with E-state index in [1.54, 1.807) is 14.2 Å². The van der Waals surface area contributed by atoms with E-state index in [9.17, 15) is 0 Å². The molecule has 8 rings (SSSR count). The smallest absolute Gasteiger partial charge is 0.204 e. The number of ether oxygens (including phenoxy) is 8. The molecule has 334 valence electrons. The van der Waals surface area contributed by atoms with Crippen molar-refractivity contribution in [2.75, 3.05) is 14.2 Å². The fourth-order valence-corrected chi connectivity index (χ4v) is 7.57. The van der Waals surface area contributed by atoms with Gasteiger partial charge in [-0.1, -0.05) is 182 Å². The van der Waals surface area contributed by atoms with Crippen LogP contribution in [0.4, 0.5) is 0 Å². The first kappa shape index (κ1) is 45.1. The molecule has 0 aliphatic heterocycles. The van der Waals surface area contributed by atoms with Crippen LogP contribution in [0.3, 0.4) is 0 Å². The minimum atomic E-state index is 0.189. The van der Waals surface area contributed by atoms with Crippen molar-refractivity contribution in [1.29, 1.82) is 0 Å². The molecule has 0 saturated carbocycles. The molecule has 8 heteroatoms. The Bertz CT molecular complexity index is 2510. The van der Waals surface area contributed by atoms with E-state index in [-0.39, 0.29) is 52.9 Å². The topological polar surface area (TPSA) is 73.8 Å². The fourth-order valence-electron chi connectivity index (χ4n) is 7.57. The molecule has 0 spiro atoms. The van der Waals surface area contributed by atoms with Crippen LogP contribution in [-0.2, 0) is 62.3 Å². The summed E-state index contributed by atoms with van der Waals surface area (Å²) >= 11 is 0. The van der Waals surface area contributed by atoms with E-state index in [0.717, 1.165) is 44.5 Å². The van der Waals surface area contributed by atoms with Crippen LogP contribution in [0, 0.1) is 0 Å². The van der Waals surface area contributed by atoms with Crippen molar-refractivity contribution in [3.8, 4) is 45.6 Å². The lowest BCUT2D eigenvalue weighted by Crippen LogP contribution is -2.11. The molecule has 0 aliphatic rings. The summed E-state index contributed by atoms with van der Waals surface area (Å²) in [6.45, 7) is 1.89. The van der Waals surface area contributed by atoms with Gasteiger partial charge in [0, 0.05) is 25.3 Å². The monoisotopic (exact) mass is 878 g/mol. The zero-order chi connectivity index (χ0) is 45.2. The number of rotatable bonds is 23. The predicted octanol–water partition coefficient (Wildman–Crippen LogP) is 13.1. The third-order valence-electron chi connectivity index (χ3n) is 10.8. The van der Waals surface area contributed by atoms with Gasteiger partial charge in [-0.2, -0.15) is 0 Å². The molecule has 0 unspecified atom stereocenters. The molecule has 0 radical (unpaired) electrons. The van der Waals surface area contributed by atoms with Crippen molar-refractivity contribution in [1.82, 2.24) is 0 Å². The van der Waals surface area contributed by atoms with Crippen LogP contribution in [0.25, 0.3) is 11.1 Å². The summed E-state index contributed by atoms with van der Waals surface area (Å²) in [6, 6.07) is 64.3. The molecule has 0 aliphatic carbocycles. The van der Waals surface area contributed by atoms with Gasteiger partial charge in [0.1, 0.15) is 39.6 Å². The van der Waals surface area contributed by atoms with Gasteiger partial charge in [0.25, 0.3) is 0 Å². The van der Waals surface area contributed by atoms with E-state index in [4.69, 9.17) is 37.9 Å². The average molecular weight is 879 g/mol. The van der Waals surface area contributed by atoms with Gasteiger partial charge in [-0.3, -0.25) is 0 Å². The molecule has 0 aromatic heterocycles. The number of hydrogen-bond donors (Lipinski definition) is 0. The highest BCUT2D eigenvalue weighted by Gasteiger charge is 2.32. The molecule has 8 aromatic carbocycles. The van der Waals surface area contributed by atoms with Crippen LogP contribution in [0.1, 0.15) is 44.5 Å². The molecule has 0 fully saturated rings. The summed E-state index contributed by atoms with van der Waals surface area (Å²) < 4.78 is 53.6. The number of hydrogen-bond acceptors (Lipinski definition) is 8. The summed E-state index contributed by atoms with van der Waals surface area (Å²) in [5, 5.41) is 0. The standard InChI is InChI=1S/C58H54O8/c1-59-41-49-33-51(61-35-43-21-9-3-10-22-43)55(63-37-45-25-13-5-14-26-45)57(65-39-47-29-17-7-18-30-47)53(49)54-50(42-60-2)34-52(62-36-44-23-11-4-12-24-44)56(64-38-46-27-15-6-16-28-46)58(54)66-40-48-31-19-8-20-32-48/h3-34H,35-42H2,1-2H3. The SMILES string of the molecule is COCc1cc(OCc2ccccc2)c(OCc2ccccc2)c(OCc2ccccc2)c1-c1c(COC)cc(OCc2ccccc2)c(OCc2ccccc2)c1OCc1ccccc1. The average Bonchev–Trinajstić information content (AvgIpc) is 3.37. The second kappa shape index (κ2) is 23.4. The second-order valence-corrected chi connectivity index (χ2v) is 15.6. The summed E-state index contributed by atoms with van der Waals surface area (Å²) in [5.41, 5.74) is 8.79. The Balaban J connectivity index is 1.39. The summed E-state index contributed by atoms with van der Waals surface area (Å²) in [6.07, 6.45) is 0. The minimum absolute atomic E-state index is 0.189. The van der Waals surface area contributed by atoms with Gasteiger partial charge in [-0.05, 0) is 56.6 Å². The molecule has 8 nitrogen and oxygen atoms in total. The molecular formula is C58H54O8. The van der Waals surface area contributed by atoms with Crippen molar-refractivity contribution < 1.29 is 37.9 Å². The van der Waals surface area contributed by atoms with Gasteiger partial charge in [0.05, 0.1) is 13.2 Å². The Morgan fingerprint density at radius 1 is 0.258 bits per heavy atom. The number of methoxy groups -OCH3 is 2. The van der Waals surface area contributed by atoms with Crippen LogP contribution >= 0.6 is 0 Å². The molecule has 0 bridgehead atoms. The van der Waals surface area contributed by atoms with E-state index in [1.165, 1.54) is 0 Å². The zero-order valence-electron chi connectivity index (χ0n) is 37.4. The first-order valence-corrected chi connectivity index (χ1v) is 22.0. The lowest BCUT2D eigenvalue weighted by atomic mass is 9.92. The van der Waals surface area contributed by atoms with Gasteiger partial charge in [0.15, 0.2) is 23.0 Å². The fraction of sp³-hybridized carbons (Fsp3) is 0.172. The van der Waals surface area contributed by atoms with E-state index in [2.05, 4.69) is 0 Å². The van der Waals surface area contributed by atoms with Gasteiger partial charge in [-0.25, -0.2) is 0 Å². The third kappa shape index (κ3) is 12.0.